The van der Waals surface area contributed by atoms with Gasteiger partial charge in [-0.05, 0) is 55.5 Å². The van der Waals surface area contributed by atoms with Crippen molar-refractivity contribution in [1.82, 2.24) is 20.0 Å². The van der Waals surface area contributed by atoms with Gasteiger partial charge in [0.1, 0.15) is 17.4 Å². The number of anilines is 1. The number of aryl methyl sites for hydroxylation is 1. The molecule has 11 heteroatoms. The molecule has 0 spiro atoms. The second-order valence-electron chi connectivity index (χ2n) is 6.41. The summed E-state index contributed by atoms with van der Waals surface area (Å²) in [5.41, 5.74) is 0.945. The minimum absolute atomic E-state index is 0.102. The molecule has 4 rings (SSSR count). The molecule has 2 aromatic carbocycles. The normalized spacial score (nSPS) is 11.3. The summed E-state index contributed by atoms with van der Waals surface area (Å²) in [5, 5.41) is 12.2. The number of halogens is 2. The molecule has 0 aliphatic carbocycles. The Morgan fingerprint density at radius 3 is 2.23 bits per heavy atom. The van der Waals surface area contributed by atoms with Crippen LogP contribution in [0.5, 0.6) is 11.6 Å². The molecule has 31 heavy (non-hydrogen) atoms. The van der Waals surface area contributed by atoms with Crippen molar-refractivity contribution in [2.45, 2.75) is 11.8 Å². The number of ether oxygens (including phenoxy) is 1. The van der Waals surface area contributed by atoms with Crippen molar-refractivity contribution in [3.8, 4) is 17.4 Å². The first-order valence-corrected chi connectivity index (χ1v) is 10.4. The van der Waals surface area contributed by atoms with Gasteiger partial charge in [0.15, 0.2) is 10.7 Å². The van der Waals surface area contributed by atoms with E-state index in [1.54, 1.807) is 23.0 Å². The van der Waals surface area contributed by atoms with Gasteiger partial charge in [-0.25, -0.2) is 21.9 Å². The van der Waals surface area contributed by atoms with Crippen LogP contribution in [0, 0.1) is 18.6 Å². The smallest absolute Gasteiger partial charge is 0.267 e. The number of hydrogen-bond donors (Lipinski definition) is 1. The van der Waals surface area contributed by atoms with Crippen LogP contribution in [-0.2, 0) is 10.0 Å². The predicted molar refractivity (Wildman–Crippen MR) is 108 cm³/mol. The first kappa shape index (κ1) is 20.4. The lowest BCUT2D eigenvalue weighted by Gasteiger charge is -2.10. The third-order valence-corrected chi connectivity index (χ3v) is 5.53. The summed E-state index contributed by atoms with van der Waals surface area (Å²) in [5.74, 6) is -1.27. The van der Waals surface area contributed by atoms with Gasteiger partial charge in [-0.1, -0.05) is 6.07 Å². The molecule has 0 aliphatic heterocycles. The molecular formula is C20H15F2N5O3S. The summed E-state index contributed by atoms with van der Waals surface area (Å²) in [6.07, 6.45) is 1.76. The lowest BCUT2D eigenvalue weighted by molar-refractivity contribution is 0.454. The first-order chi connectivity index (χ1) is 14.8. The average molecular weight is 443 g/mol. The maximum absolute atomic E-state index is 13.8. The van der Waals surface area contributed by atoms with Crippen LogP contribution in [0.15, 0.2) is 71.8 Å². The van der Waals surface area contributed by atoms with Gasteiger partial charge >= 0.3 is 0 Å². The third kappa shape index (κ3) is 4.51. The fraction of sp³-hybridized carbons (Fsp3) is 0.0500. The Hall–Kier alpha value is -3.86. The highest BCUT2D eigenvalue weighted by molar-refractivity contribution is 7.92. The monoisotopic (exact) mass is 443 g/mol. The molecule has 0 atom stereocenters. The SMILES string of the molecule is Cc1ccn(-c2ccc(Oc3ccc(NS(=O)(=O)c4c(F)cccc4F)cc3)nn2)n1. The maximum Gasteiger partial charge on any atom is 0.267 e. The van der Waals surface area contributed by atoms with Crippen LogP contribution in [0.1, 0.15) is 5.69 Å². The molecule has 0 saturated heterocycles. The summed E-state index contributed by atoms with van der Waals surface area (Å²) >= 11 is 0. The van der Waals surface area contributed by atoms with E-state index in [-0.39, 0.29) is 11.6 Å². The van der Waals surface area contributed by atoms with Crippen LogP contribution < -0.4 is 9.46 Å². The second-order valence-corrected chi connectivity index (χ2v) is 8.03. The molecule has 158 valence electrons. The maximum atomic E-state index is 13.8. The number of sulfonamides is 1. The Labute approximate surface area is 176 Å². The van der Waals surface area contributed by atoms with Crippen LogP contribution in [-0.4, -0.2) is 28.4 Å². The van der Waals surface area contributed by atoms with Gasteiger partial charge in [-0.3, -0.25) is 4.72 Å². The number of benzene rings is 2. The van der Waals surface area contributed by atoms with Crippen LogP contribution in [0.3, 0.4) is 0 Å². The zero-order chi connectivity index (χ0) is 22.0. The van der Waals surface area contributed by atoms with Gasteiger partial charge in [0.2, 0.25) is 5.88 Å². The van der Waals surface area contributed by atoms with E-state index in [9.17, 15) is 17.2 Å². The van der Waals surface area contributed by atoms with Crippen LogP contribution in [0.25, 0.3) is 5.82 Å². The molecule has 2 heterocycles. The lowest BCUT2D eigenvalue weighted by Crippen LogP contribution is -2.16. The Balaban J connectivity index is 1.46. The highest BCUT2D eigenvalue weighted by Crippen LogP contribution is 2.25. The van der Waals surface area contributed by atoms with Crippen molar-refractivity contribution in [2.24, 2.45) is 0 Å². The average Bonchev–Trinajstić information content (AvgIpc) is 3.16. The van der Waals surface area contributed by atoms with Crippen molar-refractivity contribution < 1.29 is 21.9 Å². The van der Waals surface area contributed by atoms with Crippen molar-refractivity contribution in [1.29, 1.82) is 0 Å². The van der Waals surface area contributed by atoms with E-state index in [1.807, 2.05) is 13.0 Å². The van der Waals surface area contributed by atoms with Gasteiger partial charge in [0, 0.05) is 18.0 Å². The Morgan fingerprint density at radius 1 is 0.935 bits per heavy atom. The summed E-state index contributed by atoms with van der Waals surface area (Å²) in [7, 11) is -4.45. The Bertz CT molecular complexity index is 1300. The fourth-order valence-corrected chi connectivity index (χ4v) is 3.89. The van der Waals surface area contributed by atoms with Gasteiger partial charge in [0.25, 0.3) is 10.0 Å². The highest BCUT2D eigenvalue weighted by atomic mass is 32.2. The summed E-state index contributed by atoms with van der Waals surface area (Å²) in [6, 6.07) is 13.7. The molecule has 2 aromatic heterocycles. The summed E-state index contributed by atoms with van der Waals surface area (Å²) in [6.45, 7) is 1.86. The molecule has 0 unspecified atom stereocenters. The van der Waals surface area contributed by atoms with E-state index in [4.69, 9.17) is 4.74 Å². The summed E-state index contributed by atoms with van der Waals surface area (Å²) < 4.78 is 61.5. The third-order valence-electron chi connectivity index (χ3n) is 4.10. The first-order valence-electron chi connectivity index (χ1n) is 8.93. The molecular weight excluding hydrogens is 428 g/mol. The quantitative estimate of drug-likeness (QED) is 0.486. The van der Waals surface area contributed by atoms with Gasteiger partial charge in [-0.15, -0.1) is 10.2 Å². The molecule has 0 saturated carbocycles. The standard InChI is InChI=1S/C20H15F2N5O3S/c1-13-11-12-27(25-13)18-9-10-19(24-23-18)30-15-7-5-14(6-8-15)26-31(28,29)20-16(21)3-2-4-17(20)22/h2-12,26H,1H3. The zero-order valence-electron chi connectivity index (χ0n) is 16.0. The van der Waals surface area contributed by atoms with Crippen LogP contribution in [0.4, 0.5) is 14.5 Å². The minimum Gasteiger partial charge on any atom is -0.438 e. The van der Waals surface area contributed by atoms with E-state index in [2.05, 4.69) is 20.0 Å². The van der Waals surface area contributed by atoms with Gasteiger partial charge < -0.3 is 4.74 Å². The van der Waals surface area contributed by atoms with E-state index in [0.29, 0.717) is 11.6 Å². The Kier molecular flexibility index (Phi) is 5.34. The van der Waals surface area contributed by atoms with Crippen LogP contribution >= 0.6 is 0 Å². The number of rotatable bonds is 6. The highest BCUT2D eigenvalue weighted by Gasteiger charge is 2.23. The van der Waals surface area contributed by atoms with Crippen molar-refractivity contribution in [3.05, 3.63) is 84.2 Å². The molecule has 0 fully saturated rings. The molecule has 1 N–H and O–H groups in total. The molecule has 4 aromatic rings. The van der Waals surface area contributed by atoms with E-state index in [1.165, 1.54) is 24.3 Å². The second kappa shape index (κ2) is 8.11. The molecule has 8 nitrogen and oxygen atoms in total. The van der Waals surface area contributed by atoms with Gasteiger partial charge in [-0.2, -0.15) is 5.10 Å². The van der Waals surface area contributed by atoms with E-state index < -0.39 is 26.6 Å². The predicted octanol–water partition coefficient (Wildman–Crippen LogP) is 3.84. The van der Waals surface area contributed by atoms with Crippen LogP contribution in [0.2, 0.25) is 0 Å². The van der Waals surface area contributed by atoms with Crippen molar-refractivity contribution in [2.75, 3.05) is 4.72 Å². The topological polar surface area (TPSA) is 99.0 Å². The number of hydrogen-bond acceptors (Lipinski definition) is 6. The molecule has 0 amide bonds. The lowest BCUT2D eigenvalue weighted by atomic mass is 10.3. The van der Waals surface area contributed by atoms with Gasteiger partial charge in [0.05, 0.1) is 5.69 Å². The molecule has 0 radical (unpaired) electrons. The molecule has 0 bridgehead atoms. The number of aromatic nitrogens is 4. The van der Waals surface area contributed by atoms with E-state index in [0.717, 1.165) is 23.9 Å². The minimum atomic E-state index is -4.45. The van der Waals surface area contributed by atoms with E-state index >= 15 is 0 Å². The van der Waals surface area contributed by atoms with Crippen molar-refractivity contribution >= 4 is 15.7 Å². The molecule has 0 aliphatic rings. The Morgan fingerprint density at radius 2 is 1.65 bits per heavy atom. The number of nitrogens with zero attached hydrogens (tertiary/aromatic N) is 4. The summed E-state index contributed by atoms with van der Waals surface area (Å²) in [4.78, 5) is -1.04. The van der Waals surface area contributed by atoms with Crippen molar-refractivity contribution in [3.63, 3.8) is 0 Å². The number of nitrogens with one attached hydrogen (secondary N) is 1. The zero-order valence-corrected chi connectivity index (χ0v) is 16.8. The largest absolute Gasteiger partial charge is 0.438 e. The fourth-order valence-electron chi connectivity index (χ4n) is 2.69.